The van der Waals surface area contributed by atoms with Crippen LogP contribution in [0.15, 0.2) is 17.3 Å². The van der Waals surface area contributed by atoms with Gasteiger partial charge in [0.05, 0.1) is 12.0 Å². The van der Waals surface area contributed by atoms with Gasteiger partial charge < -0.3 is 5.32 Å². The van der Waals surface area contributed by atoms with Crippen LogP contribution in [0.25, 0.3) is 0 Å². The van der Waals surface area contributed by atoms with Crippen LogP contribution >= 0.6 is 0 Å². The molecule has 0 fully saturated rings. The average molecular weight is 122 g/mol. The van der Waals surface area contributed by atoms with Gasteiger partial charge in [0, 0.05) is 6.21 Å². The lowest BCUT2D eigenvalue weighted by Crippen LogP contribution is -2.26. The summed E-state index contributed by atoms with van der Waals surface area (Å²) in [6.07, 6.45) is 5.31. The predicted octanol–water partition coefficient (Wildman–Crippen LogP) is -0.301. The maximum absolute atomic E-state index is 10.8. The van der Waals surface area contributed by atoms with E-state index in [1.165, 1.54) is 0 Å². The number of amides is 1. The van der Waals surface area contributed by atoms with E-state index in [1.54, 1.807) is 12.4 Å². The molecule has 2 rings (SSSR count). The number of nitrogens with one attached hydrogen (secondary N) is 1. The van der Waals surface area contributed by atoms with Gasteiger partial charge in [0.1, 0.15) is 0 Å². The van der Waals surface area contributed by atoms with E-state index in [2.05, 4.69) is 10.3 Å². The van der Waals surface area contributed by atoms with Gasteiger partial charge in [0.25, 0.3) is 5.91 Å². The SMILES string of the molecule is O=C1N=CC2NC=CC12. The Hall–Kier alpha value is -1.12. The minimum Gasteiger partial charge on any atom is -0.382 e. The van der Waals surface area contributed by atoms with Gasteiger partial charge in [0.2, 0.25) is 0 Å². The molecular weight excluding hydrogens is 116 g/mol. The standard InChI is InChI=1S/C6H6N2O/c9-6-4-1-2-7-5(4)3-8-6/h1-5,7H. The maximum atomic E-state index is 10.8. The minimum absolute atomic E-state index is 0.00926. The minimum atomic E-state index is -0.0266. The second-order valence-corrected chi connectivity index (χ2v) is 2.19. The van der Waals surface area contributed by atoms with Crippen molar-refractivity contribution < 1.29 is 4.79 Å². The van der Waals surface area contributed by atoms with E-state index >= 15 is 0 Å². The van der Waals surface area contributed by atoms with Crippen molar-refractivity contribution in [3.05, 3.63) is 12.3 Å². The molecule has 1 N–H and O–H groups in total. The normalized spacial score (nSPS) is 37.1. The molecule has 46 valence electrons. The van der Waals surface area contributed by atoms with Crippen molar-refractivity contribution in [3.63, 3.8) is 0 Å². The van der Waals surface area contributed by atoms with E-state index < -0.39 is 0 Å². The molecule has 3 heteroatoms. The number of fused-ring (bicyclic) bond motifs is 1. The van der Waals surface area contributed by atoms with Crippen molar-refractivity contribution in [2.45, 2.75) is 6.04 Å². The number of rotatable bonds is 0. The van der Waals surface area contributed by atoms with Crippen LogP contribution in [-0.4, -0.2) is 18.2 Å². The summed E-state index contributed by atoms with van der Waals surface area (Å²) in [6, 6.07) is 0.150. The summed E-state index contributed by atoms with van der Waals surface area (Å²) in [4.78, 5) is 14.4. The fourth-order valence-corrected chi connectivity index (χ4v) is 1.11. The Bertz CT molecular complexity index is 207. The van der Waals surface area contributed by atoms with Gasteiger partial charge in [-0.25, -0.2) is 4.99 Å². The second-order valence-electron chi connectivity index (χ2n) is 2.19. The zero-order valence-corrected chi connectivity index (χ0v) is 4.74. The molecule has 2 aliphatic heterocycles. The monoisotopic (exact) mass is 122 g/mol. The molecule has 0 saturated carbocycles. The molecule has 0 aromatic heterocycles. The van der Waals surface area contributed by atoms with Crippen LogP contribution in [0.5, 0.6) is 0 Å². The van der Waals surface area contributed by atoms with Gasteiger partial charge in [-0.05, 0) is 6.20 Å². The third-order valence-corrected chi connectivity index (χ3v) is 1.63. The zero-order chi connectivity index (χ0) is 6.27. The molecule has 2 unspecified atom stereocenters. The maximum Gasteiger partial charge on any atom is 0.254 e. The van der Waals surface area contributed by atoms with E-state index in [-0.39, 0.29) is 17.9 Å². The van der Waals surface area contributed by atoms with Crippen molar-refractivity contribution >= 4 is 12.1 Å². The van der Waals surface area contributed by atoms with Gasteiger partial charge in [-0.2, -0.15) is 0 Å². The van der Waals surface area contributed by atoms with Crippen LogP contribution in [0.4, 0.5) is 0 Å². The summed E-state index contributed by atoms with van der Waals surface area (Å²) in [5, 5.41) is 3.00. The molecule has 0 spiro atoms. The topological polar surface area (TPSA) is 41.5 Å². The van der Waals surface area contributed by atoms with Gasteiger partial charge in [-0.3, -0.25) is 4.79 Å². The molecule has 0 aromatic rings. The fourth-order valence-electron chi connectivity index (χ4n) is 1.11. The van der Waals surface area contributed by atoms with Gasteiger partial charge in [-0.1, -0.05) is 6.08 Å². The number of hydrogen-bond donors (Lipinski definition) is 1. The Morgan fingerprint density at radius 3 is 3.33 bits per heavy atom. The molecule has 9 heavy (non-hydrogen) atoms. The third kappa shape index (κ3) is 0.512. The van der Waals surface area contributed by atoms with Gasteiger partial charge in [0.15, 0.2) is 0 Å². The molecule has 1 amide bonds. The molecule has 0 aliphatic carbocycles. The summed E-state index contributed by atoms with van der Waals surface area (Å²) in [6.45, 7) is 0. The third-order valence-electron chi connectivity index (χ3n) is 1.63. The van der Waals surface area contributed by atoms with Crippen LogP contribution < -0.4 is 5.32 Å². The molecule has 0 bridgehead atoms. The van der Waals surface area contributed by atoms with Crippen LogP contribution in [0.1, 0.15) is 0 Å². The summed E-state index contributed by atoms with van der Waals surface area (Å²) in [5.74, 6) is -0.0359. The largest absolute Gasteiger partial charge is 0.382 e. The van der Waals surface area contributed by atoms with Crippen LogP contribution in [0, 0.1) is 5.92 Å². The lowest BCUT2D eigenvalue weighted by molar-refractivity contribution is -0.119. The number of carbonyl (C=O) groups is 1. The lowest BCUT2D eigenvalue weighted by Gasteiger charge is -2.02. The first-order chi connectivity index (χ1) is 4.38. The fraction of sp³-hybridized carbons (Fsp3) is 0.333. The first-order valence-electron chi connectivity index (χ1n) is 2.89. The molecular formula is C6H6N2O. The van der Waals surface area contributed by atoms with Crippen molar-refractivity contribution in [1.29, 1.82) is 0 Å². The van der Waals surface area contributed by atoms with Crippen molar-refractivity contribution in [2.24, 2.45) is 10.9 Å². The molecule has 2 atom stereocenters. The van der Waals surface area contributed by atoms with Crippen LogP contribution in [-0.2, 0) is 4.79 Å². The molecule has 2 heterocycles. The summed E-state index contributed by atoms with van der Waals surface area (Å²) >= 11 is 0. The first kappa shape index (κ1) is 4.73. The van der Waals surface area contributed by atoms with Gasteiger partial charge >= 0.3 is 0 Å². The summed E-state index contributed by atoms with van der Waals surface area (Å²) < 4.78 is 0. The highest BCUT2D eigenvalue weighted by Gasteiger charge is 2.31. The second kappa shape index (κ2) is 1.43. The Morgan fingerprint density at radius 1 is 1.67 bits per heavy atom. The van der Waals surface area contributed by atoms with E-state index in [4.69, 9.17) is 0 Å². The highest BCUT2D eigenvalue weighted by Crippen LogP contribution is 2.16. The first-order valence-corrected chi connectivity index (χ1v) is 2.89. The zero-order valence-electron chi connectivity index (χ0n) is 4.74. The molecule has 3 nitrogen and oxygen atoms in total. The number of hydrogen-bond acceptors (Lipinski definition) is 2. The van der Waals surface area contributed by atoms with Crippen LogP contribution in [0.2, 0.25) is 0 Å². The predicted molar refractivity (Wildman–Crippen MR) is 33.1 cm³/mol. The number of nitrogens with zero attached hydrogens (tertiary/aromatic N) is 1. The Kier molecular flexibility index (Phi) is 0.754. The Labute approximate surface area is 52.5 Å². The van der Waals surface area contributed by atoms with Crippen molar-refractivity contribution in [1.82, 2.24) is 5.32 Å². The van der Waals surface area contributed by atoms with E-state index in [0.29, 0.717) is 0 Å². The van der Waals surface area contributed by atoms with Crippen LogP contribution in [0.3, 0.4) is 0 Å². The number of carbonyl (C=O) groups excluding carboxylic acids is 1. The average Bonchev–Trinajstić information content (AvgIpc) is 2.35. The Morgan fingerprint density at radius 2 is 2.56 bits per heavy atom. The molecule has 0 saturated heterocycles. The molecule has 2 aliphatic rings. The van der Waals surface area contributed by atoms with E-state index in [1.807, 2.05) is 6.08 Å². The van der Waals surface area contributed by atoms with Crippen molar-refractivity contribution in [2.75, 3.05) is 0 Å². The molecule has 0 aromatic carbocycles. The molecule has 0 radical (unpaired) electrons. The summed E-state index contributed by atoms with van der Waals surface area (Å²) in [7, 11) is 0. The number of aliphatic imine (C=N–C) groups is 1. The van der Waals surface area contributed by atoms with Crippen molar-refractivity contribution in [3.8, 4) is 0 Å². The Balaban J connectivity index is 2.31. The van der Waals surface area contributed by atoms with Gasteiger partial charge in [-0.15, -0.1) is 0 Å². The highest BCUT2D eigenvalue weighted by atomic mass is 16.1. The quantitative estimate of drug-likeness (QED) is 0.479. The summed E-state index contributed by atoms with van der Waals surface area (Å²) in [5.41, 5.74) is 0. The highest BCUT2D eigenvalue weighted by molar-refractivity contribution is 5.98. The van der Waals surface area contributed by atoms with E-state index in [9.17, 15) is 4.79 Å². The smallest absolute Gasteiger partial charge is 0.254 e. The lowest BCUT2D eigenvalue weighted by atomic mass is 10.1. The van der Waals surface area contributed by atoms with E-state index in [0.717, 1.165) is 0 Å².